The van der Waals surface area contributed by atoms with Crippen molar-refractivity contribution >= 4 is 23.7 Å². The molecule has 0 unspecified atom stereocenters. The van der Waals surface area contributed by atoms with Crippen molar-refractivity contribution in [3.8, 4) is 0 Å². The number of imidazole rings is 1. The third-order valence-electron chi connectivity index (χ3n) is 5.16. The fourth-order valence-electron chi connectivity index (χ4n) is 3.49. The van der Waals surface area contributed by atoms with Gasteiger partial charge in [0, 0.05) is 51.7 Å². The summed E-state index contributed by atoms with van der Waals surface area (Å²) in [5.41, 5.74) is 4.73. The van der Waals surface area contributed by atoms with Gasteiger partial charge in [-0.3, -0.25) is 9.80 Å². The maximum atomic E-state index is 9.10. The Bertz CT molecular complexity index is 1060. The van der Waals surface area contributed by atoms with Crippen LogP contribution in [0.5, 0.6) is 0 Å². The minimum Gasteiger partial charge on any atom is -0.473 e. The molecule has 1 fully saturated rings. The lowest BCUT2D eigenvalue weighted by atomic mass is 10.2. The molecular formula is C24H28N4O4. The van der Waals surface area contributed by atoms with Crippen LogP contribution in [0.4, 0.5) is 0 Å². The lowest BCUT2D eigenvalue weighted by molar-refractivity contribution is -0.159. The first kappa shape index (κ1) is 23.2. The number of nitrogens with zero attached hydrogens (tertiary/aromatic N) is 4. The van der Waals surface area contributed by atoms with Crippen LogP contribution in [-0.4, -0.2) is 74.1 Å². The SMILES string of the molecule is Cc1ccc2nc(CN3CCN(C/C=C/c4ccccc4)CC3)cn2c1.O=C(O)C(=O)O. The van der Waals surface area contributed by atoms with Crippen molar-refractivity contribution in [2.75, 3.05) is 32.7 Å². The molecule has 2 N–H and O–H groups in total. The zero-order valence-electron chi connectivity index (χ0n) is 18.1. The molecule has 2 aromatic heterocycles. The number of carboxylic acids is 2. The summed E-state index contributed by atoms with van der Waals surface area (Å²) in [6.45, 7) is 8.52. The molecule has 0 bridgehead atoms. The van der Waals surface area contributed by atoms with Crippen molar-refractivity contribution in [3.05, 3.63) is 77.8 Å². The first-order valence-corrected chi connectivity index (χ1v) is 10.5. The maximum absolute atomic E-state index is 9.10. The van der Waals surface area contributed by atoms with Gasteiger partial charge in [-0.15, -0.1) is 0 Å². The molecule has 8 heteroatoms. The summed E-state index contributed by atoms with van der Waals surface area (Å²) in [5, 5.41) is 14.8. The van der Waals surface area contributed by atoms with Crippen LogP contribution in [0.2, 0.25) is 0 Å². The lowest BCUT2D eigenvalue weighted by Gasteiger charge is -2.33. The summed E-state index contributed by atoms with van der Waals surface area (Å²) >= 11 is 0. The van der Waals surface area contributed by atoms with Crippen molar-refractivity contribution in [3.63, 3.8) is 0 Å². The Kier molecular flexibility index (Phi) is 8.13. The summed E-state index contributed by atoms with van der Waals surface area (Å²) < 4.78 is 2.13. The molecule has 3 heterocycles. The smallest absolute Gasteiger partial charge is 0.414 e. The Morgan fingerprint density at radius 1 is 0.938 bits per heavy atom. The highest BCUT2D eigenvalue weighted by Gasteiger charge is 2.17. The Morgan fingerprint density at radius 3 is 2.25 bits per heavy atom. The highest BCUT2D eigenvalue weighted by Crippen LogP contribution is 2.11. The second kappa shape index (κ2) is 11.2. The molecule has 8 nitrogen and oxygen atoms in total. The second-order valence-electron chi connectivity index (χ2n) is 7.70. The number of carboxylic acid groups (broad SMARTS) is 2. The molecule has 0 aliphatic carbocycles. The van der Waals surface area contributed by atoms with Crippen LogP contribution in [0, 0.1) is 6.92 Å². The van der Waals surface area contributed by atoms with E-state index in [4.69, 9.17) is 24.8 Å². The molecule has 1 saturated heterocycles. The quantitative estimate of drug-likeness (QED) is 0.593. The van der Waals surface area contributed by atoms with E-state index >= 15 is 0 Å². The number of carbonyl (C=O) groups is 2. The van der Waals surface area contributed by atoms with Gasteiger partial charge in [-0.25, -0.2) is 14.6 Å². The molecule has 3 aromatic rings. The van der Waals surface area contributed by atoms with Crippen LogP contribution in [0.1, 0.15) is 16.8 Å². The number of fused-ring (bicyclic) bond motifs is 1. The number of hydrogen-bond acceptors (Lipinski definition) is 5. The molecular weight excluding hydrogens is 408 g/mol. The average molecular weight is 437 g/mol. The van der Waals surface area contributed by atoms with E-state index in [1.165, 1.54) is 11.1 Å². The van der Waals surface area contributed by atoms with E-state index in [1.54, 1.807) is 0 Å². The third-order valence-corrected chi connectivity index (χ3v) is 5.16. The molecule has 0 atom stereocenters. The molecule has 1 aromatic carbocycles. The van der Waals surface area contributed by atoms with Gasteiger partial charge in [-0.2, -0.15) is 0 Å². The van der Waals surface area contributed by atoms with Crippen LogP contribution in [-0.2, 0) is 16.1 Å². The van der Waals surface area contributed by atoms with Crippen LogP contribution < -0.4 is 0 Å². The molecule has 0 spiro atoms. The molecule has 4 rings (SSSR count). The minimum absolute atomic E-state index is 0.939. The van der Waals surface area contributed by atoms with Crippen molar-refractivity contribution in [1.29, 1.82) is 0 Å². The number of piperazine rings is 1. The van der Waals surface area contributed by atoms with Crippen molar-refractivity contribution < 1.29 is 19.8 Å². The highest BCUT2D eigenvalue weighted by molar-refractivity contribution is 6.27. The highest BCUT2D eigenvalue weighted by atomic mass is 16.4. The summed E-state index contributed by atoms with van der Waals surface area (Å²) in [7, 11) is 0. The van der Waals surface area contributed by atoms with Gasteiger partial charge >= 0.3 is 11.9 Å². The number of hydrogen-bond donors (Lipinski definition) is 2. The van der Waals surface area contributed by atoms with Crippen LogP contribution in [0.25, 0.3) is 11.7 Å². The number of aliphatic carboxylic acids is 2. The Labute approximate surface area is 187 Å². The van der Waals surface area contributed by atoms with Gasteiger partial charge in [-0.05, 0) is 24.1 Å². The monoisotopic (exact) mass is 436 g/mol. The van der Waals surface area contributed by atoms with E-state index in [9.17, 15) is 0 Å². The van der Waals surface area contributed by atoms with Crippen LogP contribution >= 0.6 is 0 Å². The number of rotatable bonds is 5. The molecule has 0 amide bonds. The van der Waals surface area contributed by atoms with Crippen LogP contribution in [0.15, 0.2) is 60.9 Å². The number of aryl methyl sites for hydroxylation is 1. The van der Waals surface area contributed by atoms with Gasteiger partial charge in [0.05, 0.1) is 5.69 Å². The summed E-state index contributed by atoms with van der Waals surface area (Å²) in [6, 6.07) is 14.7. The van der Waals surface area contributed by atoms with E-state index in [0.29, 0.717) is 0 Å². The first-order chi connectivity index (χ1) is 15.4. The Balaban J connectivity index is 0.000000427. The van der Waals surface area contributed by atoms with Crippen molar-refractivity contribution in [2.45, 2.75) is 13.5 Å². The van der Waals surface area contributed by atoms with E-state index in [0.717, 1.165) is 50.6 Å². The molecule has 1 aliphatic heterocycles. The fourth-order valence-corrected chi connectivity index (χ4v) is 3.49. The summed E-state index contributed by atoms with van der Waals surface area (Å²) in [6.07, 6.45) is 8.79. The Hall–Kier alpha value is -3.49. The van der Waals surface area contributed by atoms with Gasteiger partial charge in [0.2, 0.25) is 0 Å². The van der Waals surface area contributed by atoms with Crippen LogP contribution in [0.3, 0.4) is 0 Å². The molecule has 168 valence electrons. The largest absolute Gasteiger partial charge is 0.473 e. The predicted octanol–water partition coefficient (Wildman–Crippen LogP) is 2.63. The third kappa shape index (κ3) is 7.04. The number of pyridine rings is 1. The fraction of sp³-hybridized carbons (Fsp3) is 0.292. The normalized spacial score (nSPS) is 14.9. The van der Waals surface area contributed by atoms with Gasteiger partial charge in [-0.1, -0.05) is 48.6 Å². The minimum atomic E-state index is -1.82. The number of aromatic nitrogens is 2. The maximum Gasteiger partial charge on any atom is 0.414 e. The number of benzene rings is 1. The average Bonchev–Trinajstić information content (AvgIpc) is 3.17. The molecule has 32 heavy (non-hydrogen) atoms. The van der Waals surface area contributed by atoms with Crippen molar-refractivity contribution in [2.24, 2.45) is 0 Å². The van der Waals surface area contributed by atoms with E-state index in [1.807, 2.05) is 0 Å². The van der Waals surface area contributed by atoms with E-state index in [-0.39, 0.29) is 0 Å². The molecule has 0 saturated carbocycles. The van der Waals surface area contributed by atoms with E-state index in [2.05, 4.69) is 88.1 Å². The second-order valence-corrected chi connectivity index (χ2v) is 7.70. The zero-order chi connectivity index (χ0) is 22.9. The van der Waals surface area contributed by atoms with Gasteiger partial charge in [0.15, 0.2) is 0 Å². The zero-order valence-corrected chi connectivity index (χ0v) is 18.1. The molecule has 0 radical (unpaired) electrons. The topological polar surface area (TPSA) is 98.4 Å². The summed E-state index contributed by atoms with van der Waals surface area (Å²) in [5.74, 6) is -3.65. The Morgan fingerprint density at radius 2 is 1.59 bits per heavy atom. The summed E-state index contributed by atoms with van der Waals surface area (Å²) in [4.78, 5) is 28.0. The standard InChI is InChI=1S/C22H26N4.C2H2O4/c1-19-9-10-22-23-21(18-26(22)16-19)17-25-14-12-24(13-15-25)11-5-8-20-6-3-2-4-7-20;3-1(4)2(5)6/h2-10,16,18H,11-15,17H2,1H3;(H,3,4)(H,5,6)/b8-5+;. The first-order valence-electron chi connectivity index (χ1n) is 10.5. The predicted molar refractivity (Wildman–Crippen MR) is 122 cm³/mol. The van der Waals surface area contributed by atoms with Gasteiger partial charge in [0.1, 0.15) is 5.65 Å². The van der Waals surface area contributed by atoms with Gasteiger partial charge in [0.25, 0.3) is 0 Å². The lowest BCUT2D eigenvalue weighted by Crippen LogP contribution is -2.45. The van der Waals surface area contributed by atoms with Gasteiger partial charge < -0.3 is 14.6 Å². The molecule has 1 aliphatic rings. The van der Waals surface area contributed by atoms with E-state index < -0.39 is 11.9 Å². The van der Waals surface area contributed by atoms with Crippen molar-refractivity contribution in [1.82, 2.24) is 19.2 Å².